The second-order valence-electron chi connectivity index (χ2n) is 2.39. The summed E-state index contributed by atoms with van der Waals surface area (Å²) < 4.78 is 0. The summed E-state index contributed by atoms with van der Waals surface area (Å²) >= 11 is 0. The van der Waals surface area contributed by atoms with Gasteiger partial charge in [-0.3, -0.25) is 5.84 Å². The molecule has 1 rings (SSSR count). The SMILES string of the molecule is C[C@H]1CCN(N)C1. The molecule has 42 valence electrons. The highest BCUT2D eigenvalue weighted by Crippen LogP contribution is 2.09. The highest BCUT2D eigenvalue weighted by molar-refractivity contribution is 4.66. The lowest BCUT2D eigenvalue weighted by Gasteiger charge is -2.03. The molecular weight excluding hydrogens is 88.1 g/mol. The van der Waals surface area contributed by atoms with E-state index in [0.717, 1.165) is 19.0 Å². The summed E-state index contributed by atoms with van der Waals surface area (Å²) in [6, 6.07) is 0. The van der Waals surface area contributed by atoms with Crippen LogP contribution in [0.4, 0.5) is 0 Å². The van der Waals surface area contributed by atoms with E-state index in [-0.39, 0.29) is 0 Å². The fraction of sp³-hybridized carbons (Fsp3) is 1.00. The van der Waals surface area contributed by atoms with Crippen molar-refractivity contribution in [3.05, 3.63) is 0 Å². The second-order valence-corrected chi connectivity index (χ2v) is 2.39. The van der Waals surface area contributed by atoms with Crippen LogP contribution < -0.4 is 5.84 Å². The number of nitrogens with two attached hydrogens (primary N) is 1. The molecule has 1 heterocycles. The lowest BCUT2D eigenvalue weighted by Crippen LogP contribution is -2.27. The Bertz CT molecular complexity index is 55.1. The Morgan fingerprint density at radius 2 is 2.43 bits per heavy atom. The fourth-order valence-corrected chi connectivity index (χ4v) is 0.969. The number of nitrogens with zero attached hydrogens (tertiary/aromatic N) is 1. The molecule has 1 aliphatic rings. The van der Waals surface area contributed by atoms with Crippen molar-refractivity contribution in [1.82, 2.24) is 5.01 Å². The van der Waals surface area contributed by atoms with Gasteiger partial charge in [-0.1, -0.05) is 6.92 Å². The molecule has 0 radical (unpaired) electrons. The summed E-state index contributed by atoms with van der Waals surface area (Å²) in [7, 11) is 0. The highest BCUT2D eigenvalue weighted by Gasteiger charge is 2.13. The molecule has 0 aromatic rings. The Balaban J connectivity index is 2.26. The summed E-state index contributed by atoms with van der Waals surface area (Å²) in [4.78, 5) is 0. The molecule has 1 fully saturated rings. The molecule has 0 aliphatic carbocycles. The van der Waals surface area contributed by atoms with Gasteiger partial charge in [-0.2, -0.15) is 0 Å². The van der Waals surface area contributed by atoms with Crippen LogP contribution in [0.15, 0.2) is 0 Å². The summed E-state index contributed by atoms with van der Waals surface area (Å²) in [5, 5.41) is 1.88. The van der Waals surface area contributed by atoms with Crippen LogP contribution in [0.25, 0.3) is 0 Å². The predicted molar refractivity (Wildman–Crippen MR) is 29.5 cm³/mol. The van der Waals surface area contributed by atoms with Crippen LogP contribution in [0.2, 0.25) is 0 Å². The molecule has 1 aliphatic heterocycles. The maximum absolute atomic E-state index is 5.46. The van der Waals surface area contributed by atoms with E-state index < -0.39 is 0 Å². The molecule has 1 saturated heterocycles. The van der Waals surface area contributed by atoms with Crippen LogP contribution in [0, 0.1) is 5.92 Å². The summed E-state index contributed by atoms with van der Waals surface area (Å²) in [6.45, 7) is 4.40. The average Bonchev–Trinajstić information content (AvgIpc) is 1.87. The minimum Gasteiger partial charge on any atom is -0.269 e. The first-order valence-electron chi connectivity index (χ1n) is 2.78. The normalized spacial score (nSPS) is 34.3. The third-order valence-electron chi connectivity index (χ3n) is 1.46. The standard InChI is InChI=1S/C5H12N2/c1-5-2-3-7(6)4-5/h5H,2-4,6H2,1H3/t5-/m0/s1. The molecule has 7 heavy (non-hydrogen) atoms. The first-order chi connectivity index (χ1) is 3.29. The third-order valence-corrected chi connectivity index (χ3v) is 1.46. The molecule has 2 heteroatoms. The number of rotatable bonds is 0. The van der Waals surface area contributed by atoms with Crippen molar-refractivity contribution in [2.75, 3.05) is 13.1 Å². The zero-order chi connectivity index (χ0) is 5.28. The maximum atomic E-state index is 5.46. The van der Waals surface area contributed by atoms with E-state index in [9.17, 15) is 0 Å². The molecule has 1 atom stereocenters. The Labute approximate surface area is 44.3 Å². The average molecular weight is 100 g/mol. The molecule has 0 aromatic carbocycles. The van der Waals surface area contributed by atoms with E-state index in [4.69, 9.17) is 5.84 Å². The molecule has 0 amide bonds. The van der Waals surface area contributed by atoms with Crippen LogP contribution in [0.3, 0.4) is 0 Å². The number of hydrazine groups is 1. The molecule has 0 spiro atoms. The first kappa shape index (κ1) is 5.06. The van der Waals surface area contributed by atoms with Gasteiger partial charge in [-0.05, 0) is 12.3 Å². The van der Waals surface area contributed by atoms with E-state index in [1.807, 2.05) is 5.01 Å². The zero-order valence-electron chi connectivity index (χ0n) is 4.72. The Morgan fingerprint density at radius 1 is 1.71 bits per heavy atom. The van der Waals surface area contributed by atoms with Gasteiger partial charge < -0.3 is 0 Å². The highest BCUT2D eigenvalue weighted by atomic mass is 15.4. The van der Waals surface area contributed by atoms with Crippen molar-refractivity contribution >= 4 is 0 Å². The minimum absolute atomic E-state index is 0.824. The fourth-order valence-electron chi connectivity index (χ4n) is 0.969. The van der Waals surface area contributed by atoms with Crippen molar-refractivity contribution in [1.29, 1.82) is 0 Å². The van der Waals surface area contributed by atoms with Crippen LogP contribution in [-0.2, 0) is 0 Å². The van der Waals surface area contributed by atoms with Gasteiger partial charge in [0.15, 0.2) is 0 Å². The van der Waals surface area contributed by atoms with Crippen molar-refractivity contribution in [3.8, 4) is 0 Å². The Morgan fingerprint density at radius 3 is 2.57 bits per heavy atom. The summed E-state index contributed by atoms with van der Waals surface area (Å²) in [5.74, 6) is 6.28. The number of hydrogen-bond donors (Lipinski definition) is 1. The lowest BCUT2D eigenvalue weighted by atomic mass is 10.2. The minimum atomic E-state index is 0.824. The summed E-state index contributed by atoms with van der Waals surface area (Å²) in [5.41, 5.74) is 0. The molecule has 0 unspecified atom stereocenters. The van der Waals surface area contributed by atoms with Crippen LogP contribution in [0.1, 0.15) is 13.3 Å². The van der Waals surface area contributed by atoms with Crippen molar-refractivity contribution in [3.63, 3.8) is 0 Å². The topological polar surface area (TPSA) is 29.3 Å². The molecule has 0 aromatic heterocycles. The zero-order valence-corrected chi connectivity index (χ0v) is 4.72. The molecule has 0 bridgehead atoms. The van der Waals surface area contributed by atoms with E-state index in [0.29, 0.717) is 0 Å². The van der Waals surface area contributed by atoms with Crippen molar-refractivity contribution in [2.24, 2.45) is 11.8 Å². The van der Waals surface area contributed by atoms with Gasteiger partial charge in [-0.15, -0.1) is 0 Å². The van der Waals surface area contributed by atoms with Gasteiger partial charge in [0.1, 0.15) is 0 Å². The Kier molecular flexibility index (Phi) is 1.30. The van der Waals surface area contributed by atoms with Gasteiger partial charge in [0.25, 0.3) is 0 Å². The maximum Gasteiger partial charge on any atom is 0.0154 e. The van der Waals surface area contributed by atoms with Gasteiger partial charge in [0, 0.05) is 13.1 Å². The van der Waals surface area contributed by atoms with Gasteiger partial charge in [0.05, 0.1) is 0 Å². The van der Waals surface area contributed by atoms with Crippen LogP contribution >= 0.6 is 0 Å². The molecule has 2 N–H and O–H groups in total. The van der Waals surface area contributed by atoms with E-state index in [2.05, 4.69) is 6.92 Å². The lowest BCUT2D eigenvalue weighted by molar-refractivity contribution is 0.342. The van der Waals surface area contributed by atoms with E-state index >= 15 is 0 Å². The van der Waals surface area contributed by atoms with Crippen LogP contribution in [0.5, 0.6) is 0 Å². The number of hydrogen-bond acceptors (Lipinski definition) is 2. The van der Waals surface area contributed by atoms with Gasteiger partial charge in [0.2, 0.25) is 0 Å². The van der Waals surface area contributed by atoms with Crippen LogP contribution in [-0.4, -0.2) is 18.1 Å². The van der Waals surface area contributed by atoms with E-state index in [1.165, 1.54) is 6.42 Å². The van der Waals surface area contributed by atoms with Gasteiger partial charge >= 0.3 is 0 Å². The quantitative estimate of drug-likeness (QED) is 0.441. The van der Waals surface area contributed by atoms with E-state index in [1.54, 1.807) is 0 Å². The largest absolute Gasteiger partial charge is 0.269 e. The molecule has 2 nitrogen and oxygen atoms in total. The smallest absolute Gasteiger partial charge is 0.0154 e. The first-order valence-corrected chi connectivity index (χ1v) is 2.78. The van der Waals surface area contributed by atoms with Crippen molar-refractivity contribution < 1.29 is 0 Å². The summed E-state index contributed by atoms with van der Waals surface area (Å²) in [6.07, 6.45) is 1.27. The van der Waals surface area contributed by atoms with Crippen molar-refractivity contribution in [2.45, 2.75) is 13.3 Å². The molecule has 0 saturated carbocycles. The predicted octanol–water partition coefficient (Wildman–Crippen LogP) is 0.202. The Hall–Kier alpha value is -0.0800. The monoisotopic (exact) mass is 100 g/mol. The van der Waals surface area contributed by atoms with Gasteiger partial charge in [-0.25, -0.2) is 5.01 Å². The second kappa shape index (κ2) is 1.80. The third kappa shape index (κ3) is 1.14. The molecular formula is C5H12N2.